The Labute approximate surface area is 118 Å². The van der Waals surface area contributed by atoms with E-state index in [1.165, 1.54) is 0 Å². The average molecular weight is 293 g/mol. The van der Waals surface area contributed by atoms with Gasteiger partial charge in [0, 0.05) is 35.9 Å². The van der Waals surface area contributed by atoms with E-state index >= 15 is 0 Å². The smallest absolute Gasteiger partial charge is 0.245 e. The lowest BCUT2D eigenvalue weighted by Gasteiger charge is -2.29. The minimum Gasteiger partial charge on any atom is -0.399 e. The van der Waals surface area contributed by atoms with E-state index in [2.05, 4.69) is 11.9 Å². The van der Waals surface area contributed by atoms with E-state index in [1.54, 1.807) is 22.6 Å². The molecule has 0 bridgehead atoms. The molecule has 1 aliphatic heterocycles. The molecule has 1 saturated heterocycles. The lowest BCUT2D eigenvalue weighted by molar-refractivity contribution is 0.281. The van der Waals surface area contributed by atoms with Crippen LogP contribution >= 0.6 is 0 Å². The van der Waals surface area contributed by atoms with E-state index in [9.17, 15) is 8.42 Å². The van der Waals surface area contributed by atoms with E-state index in [0.29, 0.717) is 35.0 Å². The molecule has 1 atom stereocenters. The van der Waals surface area contributed by atoms with Crippen molar-refractivity contribution < 1.29 is 8.42 Å². The molecule has 3 rings (SSSR count). The zero-order chi connectivity index (χ0) is 14.3. The zero-order valence-corrected chi connectivity index (χ0v) is 12.3. The van der Waals surface area contributed by atoms with Crippen LogP contribution in [0.5, 0.6) is 0 Å². The second kappa shape index (κ2) is 4.79. The van der Waals surface area contributed by atoms with Crippen LogP contribution in [0, 0.1) is 5.92 Å². The number of rotatable bonds is 2. The fourth-order valence-electron chi connectivity index (χ4n) is 2.83. The minimum atomic E-state index is -3.45. The summed E-state index contributed by atoms with van der Waals surface area (Å²) in [5.74, 6) is 0.411. The van der Waals surface area contributed by atoms with Gasteiger partial charge in [0.2, 0.25) is 10.0 Å². The number of sulfonamides is 1. The highest BCUT2D eigenvalue weighted by Gasteiger charge is 2.30. The number of nitrogens with zero attached hydrogens (tertiary/aromatic N) is 1. The Hall–Kier alpha value is -1.53. The first-order valence-corrected chi connectivity index (χ1v) is 8.29. The maximum absolute atomic E-state index is 12.8. The highest BCUT2D eigenvalue weighted by atomic mass is 32.2. The summed E-state index contributed by atoms with van der Waals surface area (Å²) in [4.78, 5) is 3.34. The Kier molecular flexibility index (Phi) is 3.22. The van der Waals surface area contributed by atoms with Crippen molar-refractivity contribution in [2.45, 2.75) is 24.7 Å². The van der Waals surface area contributed by atoms with Crippen LogP contribution in [-0.2, 0) is 10.0 Å². The van der Waals surface area contributed by atoms with Gasteiger partial charge in [-0.3, -0.25) is 0 Å². The van der Waals surface area contributed by atoms with Crippen LogP contribution in [0.1, 0.15) is 19.8 Å². The molecule has 0 radical (unpaired) electrons. The Morgan fingerprint density at radius 3 is 2.95 bits per heavy atom. The van der Waals surface area contributed by atoms with Gasteiger partial charge >= 0.3 is 0 Å². The zero-order valence-electron chi connectivity index (χ0n) is 11.5. The summed E-state index contributed by atoms with van der Waals surface area (Å²) >= 11 is 0. The molecule has 108 valence electrons. The van der Waals surface area contributed by atoms with Crippen molar-refractivity contribution in [3.05, 3.63) is 24.4 Å². The summed E-state index contributed by atoms with van der Waals surface area (Å²) in [6.45, 7) is 3.29. The van der Waals surface area contributed by atoms with Gasteiger partial charge in [-0.2, -0.15) is 4.31 Å². The number of nitrogens with two attached hydrogens (primary N) is 1. The van der Waals surface area contributed by atoms with Crippen molar-refractivity contribution in [1.29, 1.82) is 0 Å². The van der Waals surface area contributed by atoms with Gasteiger partial charge in [0.25, 0.3) is 0 Å². The number of benzene rings is 1. The largest absolute Gasteiger partial charge is 0.399 e. The number of H-pyrrole nitrogens is 1. The van der Waals surface area contributed by atoms with Crippen LogP contribution in [0.15, 0.2) is 29.3 Å². The van der Waals surface area contributed by atoms with Crippen molar-refractivity contribution in [3.63, 3.8) is 0 Å². The molecule has 0 amide bonds. The first-order valence-electron chi connectivity index (χ1n) is 6.85. The van der Waals surface area contributed by atoms with Crippen molar-refractivity contribution in [3.8, 4) is 0 Å². The molecule has 6 heteroatoms. The highest BCUT2D eigenvalue weighted by molar-refractivity contribution is 7.89. The first kappa shape index (κ1) is 13.5. The molecule has 0 aliphatic carbocycles. The fraction of sp³-hybridized carbons (Fsp3) is 0.429. The number of aromatic nitrogens is 1. The molecule has 1 aliphatic rings. The van der Waals surface area contributed by atoms with E-state index in [-0.39, 0.29) is 0 Å². The number of nitrogens with one attached hydrogen (secondary N) is 1. The summed E-state index contributed by atoms with van der Waals surface area (Å²) in [7, 11) is -3.45. The van der Waals surface area contributed by atoms with Crippen LogP contribution in [0.25, 0.3) is 10.9 Å². The third-order valence-corrected chi connectivity index (χ3v) is 5.81. The summed E-state index contributed by atoms with van der Waals surface area (Å²) in [6.07, 6.45) is 3.58. The van der Waals surface area contributed by atoms with Crippen molar-refractivity contribution in [1.82, 2.24) is 9.29 Å². The fourth-order valence-corrected chi connectivity index (χ4v) is 4.58. The number of nitrogen functional groups attached to an aromatic ring is 1. The predicted molar refractivity (Wildman–Crippen MR) is 79.9 cm³/mol. The molecule has 2 heterocycles. The number of fused-ring (bicyclic) bond motifs is 1. The topological polar surface area (TPSA) is 79.2 Å². The van der Waals surface area contributed by atoms with Gasteiger partial charge in [0.05, 0.1) is 0 Å². The first-order chi connectivity index (χ1) is 9.48. The van der Waals surface area contributed by atoms with Gasteiger partial charge in [-0.05, 0) is 37.0 Å². The van der Waals surface area contributed by atoms with Crippen molar-refractivity contribution in [2.75, 3.05) is 18.8 Å². The molecule has 3 N–H and O–H groups in total. The molecule has 0 spiro atoms. The van der Waals surface area contributed by atoms with Crippen molar-refractivity contribution in [2.24, 2.45) is 5.92 Å². The molecule has 20 heavy (non-hydrogen) atoms. The minimum absolute atomic E-state index is 0.328. The van der Waals surface area contributed by atoms with Crippen LogP contribution in [0.2, 0.25) is 0 Å². The molecule has 2 aromatic rings. The maximum atomic E-state index is 12.8. The number of anilines is 1. The van der Waals surface area contributed by atoms with E-state index in [1.807, 2.05) is 6.07 Å². The monoisotopic (exact) mass is 293 g/mol. The van der Waals surface area contributed by atoms with E-state index in [0.717, 1.165) is 18.4 Å². The number of aromatic amines is 1. The normalized spacial score (nSPS) is 21.4. The van der Waals surface area contributed by atoms with Crippen LogP contribution < -0.4 is 5.73 Å². The average Bonchev–Trinajstić information content (AvgIpc) is 2.82. The van der Waals surface area contributed by atoms with Gasteiger partial charge in [-0.1, -0.05) is 6.92 Å². The highest BCUT2D eigenvalue weighted by Crippen LogP contribution is 2.29. The van der Waals surface area contributed by atoms with E-state index in [4.69, 9.17) is 5.73 Å². The van der Waals surface area contributed by atoms with Gasteiger partial charge in [0.15, 0.2) is 0 Å². The molecule has 1 aromatic heterocycles. The van der Waals surface area contributed by atoms with Gasteiger partial charge in [-0.15, -0.1) is 0 Å². The Morgan fingerprint density at radius 2 is 2.20 bits per heavy atom. The summed E-state index contributed by atoms with van der Waals surface area (Å²) in [5.41, 5.74) is 7.14. The summed E-state index contributed by atoms with van der Waals surface area (Å²) < 4.78 is 27.2. The Morgan fingerprint density at radius 1 is 1.40 bits per heavy atom. The maximum Gasteiger partial charge on any atom is 0.245 e. The second-order valence-electron chi connectivity index (χ2n) is 5.57. The van der Waals surface area contributed by atoms with Gasteiger partial charge < -0.3 is 10.7 Å². The molecule has 1 unspecified atom stereocenters. The lowest BCUT2D eigenvalue weighted by Crippen LogP contribution is -2.38. The molecule has 1 fully saturated rings. The Bertz CT molecular complexity index is 736. The van der Waals surface area contributed by atoms with E-state index < -0.39 is 10.0 Å². The predicted octanol–water partition coefficient (Wildman–Crippen LogP) is 2.17. The molecular weight excluding hydrogens is 274 g/mol. The number of hydrogen-bond acceptors (Lipinski definition) is 3. The second-order valence-corrected chi connectivity index (χ2v) is 7.47. The molecule has 5 nitrogen and oxygen atoms in total. The third kappa shape index (κ3) is 2.19. The Balaban J connectivity index is 2.07. The SMILES string of the molecule is CC1CCCN(S(=O)(=O)c2c[nH]c3ccc(N)cc23)C1. The van der Waals surface area contributed by atoms with Crippen LogP contribution in [-0.4, -0.2) is 30.8 Å². The third-order valence-electron chi connectivity index (χ3n) is 3.91. The van der Waals surface area contributed by atoms with Gasteiger partial charge in [0.1, 0.15) is 4.90 Å². The van der Waals surface area contributed by atoms with Crippen molar-refractivity contribution >= 4 is 26.6 Å². The standard InChI is InChI=1S/C14H19N3O2S/c1-10-3-2-6-17(9-10)20(18,19)14-8-16-13-5-4-11(15)7-12(13)14/h4-5,7-8,10,16H,2-3,6,9,15H2,1H3. The van der Waals surface area contributed by atoms with Crippen LogP contribution in [0.3, 0.4) is 0 Å². The molecular formula is C14H19N3O2S. The summed E-state index contributed by atoms with van der Waals surface area (Å²) in [6, 6.07) is 5.28. The number of hydrogen-bond donors (Lipinski definition) is 2. The van der Waals surface area contributed by atoms with Gasteiger partial charge in [-0.25, -0.2) is 8.42 Å². The quantitative estimate of drug-likeness (QED) is 0.833. The number of piperidine rings is 1. The summed E-state index contributed by atoms with van der Waals surface area (Å²) in [5, 5.41) is 0.670. The molecule has 1 aromatic carbocycles. The molecule has 0 saturated carbocycles. The van der Waals surface area contributed by atoms with Crippen LogP contribution in [0.4, 0.5) is 5.69 Å². The lowest BCUT2D eigenvalue weighted by atomic mass is 10.0.